The van der Waals surface area contributed by atoms with Gasteiger partial charge in [-0.3, -0.25) is 4.79 Å². The average molecular weight is 610 g/mol. The Morgan fingerprint density at radius 3 is 1.68 bits per heavy atom. The van der Waals surface area contributed by atoms with Crippen LogP contribution >= 0.6 is 33.7 Å². The number of hydrogen-bond acceptors (Lipinski definition) is 6. The smallest absolute Gasteiger partial charge is 0.195 e. The summed E-state index contributed by atoms with van der Waals surface area (Å²) in [5.41, 5.74) is 0.930. The minimum atomic E-state index is -4.78. The van der Waals surface area contributed by atoms with Crippen molar-refractivity contribution in [2.75, 3.05) is 0 Å². The highest BCUT2D eigenvalue weighted by Crippen LogP contribution is 2.70. The summed E-state index contributed by atoms with van der Waals surface area (Å²) in [7, 11) is -7.72. The summed E-state index contributed by atoms with van der Waals surface area (Å²) in [5.74, 6) is -0.185. The van der Waals surface area contributed by atoms with E-state index in [2.05, 4.69) is 0 Å². The highest BCUT2D eigenvalue weighted by molar-refractivity contribution is 8.29. The molecule has 0 spiro atoms. The zero-order valence-corrected chi connectivity index (χ0v) is 24.0. The van der Waals surface area contributed by atoms with Crippen molar-refractivity contribution < 1.29 is 32.8 Å². The maximum Gasteiger partial charge on any atom is 0.195 e. The molecular formula is C31H22Cl2O5S2. The third kappa shape index (κ3) is 6.12. The summed E-state index contributed by atoms with van der Waals surface area (Å²) in [6.45, 7) is 0. The van der Waals surface area contributed by atoms with Gasteiger partial charge in [0.15, 0.2) is 5.78 Å². The molecule has 0 aliphatic rings. The van der Waals surface area contributed by atoms with Crippen molar-refractivity contribution in [3.63, 3.8) is 0 Å². The summed E-state index contributed by atoms with van der Waals surface area (Å²) in [6, 6.07) is 39.0. The molecule has 40 heavy (non-hydrogen) atoms. The van der Waals surface area contributed by atoms with Crippen LogP contribution in [0.2, 0.25) is 5.02 Å². The van der Waals surface area contributed by atoms with Gasteiger partial charge in [0.05, 0.1) is 31.1 Å². The number of ketones is 1. The first-order valence-electron chi connectivity index (χ1n) is 12.0. The second-order valence-corrected chi connectivity index (χ2v) is 13.8. The monoisotopic (exact) mass is 608 g/mol. The van der Waals surface area contributed by atoms with Crippen molar-refractivity contribution in [1.29, 1.82) is 0 Å². The van der Waals surface area contributed by atoms with Crippen LogP contribution in [0.5, 0.6) is 0 Å². The lowest BCUT2D eigenvalue weighted by Gasteiger charge is -2.34. The molecule has 0 radical (unpaired) electrons. The molecular weight excluding hydrogens is 587 g/mol. The number of carbonyl (C=O) groups excluding carboxylic acids is 1. The maximum absolute atomic E-state index is 13.3. The van der Waals surface area contributed by atoms with Crippen molar-refractivity contribution >= 4 is 39.5 Å². The molecule has 9 heteroatoms. The van der Waals surface area contributed by atoms with Gasteiger partial charge in [0.25, 0.3) is 0 Å². The van der Waals surface area contributed by atoms with Crippen molar-refractivity contribution in [3.05, 3.63) is 150 Å². The molecule has 0 heterocycles. The van der Waals surface area contributed by atoms with Crippen LogP contribution in [0.25, 0.3) is 0 Å². The molecule has 5 nitrogen and oxygen atoms in total. The van der Waals surface area contributed by atoms with Crippen LogP contribution in [-0.2, 0) is 3.74 Å². The van der Waals surface area contributed by atoms with Crippen LogP contribution in [0, 0.1) is 10.2 Å². The molecule has 5 rings (SSSR count). The SMILES string of the molecule is O=C(c1ccccc1)c1c(Cl)cccc1Sc1ccc(S(O[Cl+3]([O-])([O-])[O-])(c2ccccc2)c2ccccc2)cc1. The number of hydrogen-bond donors (Lipinski definition) is 0. The number of benzene rings is 5. The molecule has 0 fully saturated rings. The van der Waals surface area contributed by atoms with E-state index in [1.807, 2.05) is 24.3 Å². The molecule has 0 atom stereocenters. The predicted molar refractivity (Wildman–Crippen MR) is 148 cm³/mol. The second kappa shape index (κ2) is 12.2. The van der Waals surface area contributed by atoms with Gasteiger partial charge in [-0.15, -0.1) is 0 Å². The normalized spacial score (nSPS) is 12.2. The zero-order chi connectivity index (χ0) is 28.2. The van der Waals surface area contributed by atoms with Crippen molar-refractivity contribution in [3.8, 4) is 0 Å². The van der Waals surface area contributed by atoms with E-state index in [1.54, 1.807) is 109 Å². The summed E-state index contributed by atoms with van der Waals surface area (Å²) in [4.78, 5) is 16.4. The van der Waals surface area contributed by atoms with E-state index >= 15 is 0 Å². The van der Waals surface area contributed by atoms with Crippen molar-refractivity contribution in [2.45, 2.75) is 24.5 Å². The van der Waals surface area contributed by atoms with Gasteiger partial charge in [-0.25, -0.2) is 0 Å². The molecule has 0 aliphatic heterocycles. The topological polar surface area (TPSA) is 95.5 Å². The quantitative estimate of drug-likeness (QED) is 0.195. The van der Waals surface area contributed by atoms with Crippen molar-refractivity contribution in [1.82, 2.24) is 0 Å². The number of carbonyl (C=O) groups is 1. The molecule has 0 unspecified atom stereocenters. The molecule has 0 saturated carbocycles. The second-order valence-electron chi connectivity index (χ2n) is 8.50. The third-order valence-corrected chi connectivity index (χ3v) is 11.5. The van der Waals surface area contributed by atoms with E-state index in [0.29, 0.717) is 35.7 Å². The molecule has 0 aliphatic carbocycles. The molecule has 0 amide bonds. The Balaban J connectivity index is 1.57. The molecule has 202 valence electrons. The summed E-state index contributed by atoms with van der Waals surface area (Å²) >= 11 is 7.84. The van der Waals surface area contributed by atoms with Crippen LogP contribution in [0.15, 0.2) is 158 Å². The van der Waals surface area contributed by atoms with E-state index in [4.69, 9.17) is 15.3 Å². The lowest BCUT2D eigenvalue weighted by molar-refractivity contribution is -1.91. The van der Waals surface area contributed by atoms with Crippen LogP contribution in [0.4, 0.5) is 0 Å². The minimum absolute atomic E-state index is 0.185. The minimum Gasteiger partial charge on any atom is -0.289 e. The van der Waals surface area contributed by atoms with Crippen LogP contribution in [0.1, 0.15) is 15.9 Å². The molecule has 0 saturated heterocycles. The number of rotatable bonds is 9. The van der Waals surface area contributed by atoms with Crippen molar-refractivity contribution in [2.24, 2.45) is 0 Å². The predicted octanol–water partition coefficient (Wildman–Crippen LogP) is 5.83. The Kier molecular flexibility index (Phi) is 8.65. The highest BCUT2D eigenvalue weighted by Gasteiger charge is 2.46. The fraction of sp³-hybridized carbons (Fsp3) is 0. The lowest BCUT2D eigenvalue weighted by Crippen LogP contribution is -2.61. The van der Waals surface area contributed by atoms with Gasteiger partial charge in [-0.2, -0.15) is 14.0 Å². The Bertz CT molecular complexity index is 1560. The highest BCUT2D eigenvalue weighted by atomic mass is 35.7. The zero-order valence-electron chi connectivity index (χ0n) is 20.8. The average Bonchev–Trinajstić information content (AvgIpc) is 2.97. The first-order chi connectivity index (χ1) is 19.3. The summed E-state index contributed by atoms with van der Waals surface area (Å²) < 4.78 is 41.7. The first-order valence-corrected chi connectivity index (χ1v) is 16.0. The maximum atomic E-state index is 13.3. The molecule has 0 aromatic heterocycles. The van der Waals surface area contributed by atoms with Gasteiger partial charge in [-0.05, 0) is 60.7 Å². The Hall–Kier alpha value is -3.11. The standard InChI is InChI=1S/C31H22Cl2O5S2/c32-28-17-10-18-29(30(28)31(34)23-11-4-1-5-12-23)39-24-19-21-27(22-20-24)40(38-33(35,36)37,25-13-6-2-7-14-25)26-15-8-3-9-16-26/h1-22H. The van der Waals surface area contributed by atoms with Crippen LogP contribution in [0.3, 0.4) is 0 Å². The van der Waals surface area contributed by atoms with E-state index in [1.165, 1.54) is 11.8 Å². The van der Waals surface area contributed by atoms with E-state index in [-0.39, 0.29) is 5.78 Å². The van der Waals surface area contributed by atoms with Gasteiger partial charge >= 0.3 is 0 Å². The third-order valence-electron chi connectivity index (χ3n) is 5.94. The lowest BCUT2D eigenvalue weighted by atomic mass is 10.0. The van der Waals surface area contributed by atoms with Gasteiger partial charge in [0, 0.05) is 30.0 Å². The summed E-state index contributed by atoms with van der Waals surface area (Å²) in [6.07, 6.45) is 0. The van der Waals surface area contributed by atoms with Crippen LogP contribution < -0.4 is 14.0 Å². The molecule has 0 N–H and O–H groups in total. The fourth-order valence-corrected chi connectivity index (χ4v) is 9.74. The van der Waals surface area contributed by atoms with Gasteiger partial charge in [-0.1, -0.05) is 96.2 Å². The number of halogens is 2. The Labute approximate surface area is 245 Å². The van der Waals surface area contributed by atoms with Gasteiger partial charge in [0.1, 0.15) is 3.74 Å². The summed E-state index contributed by atoms with van der Waals surface area (Å²) in [5, 5.41) is 0.347. The van der Waals surface area contributed by atoms with Crippen LogP contribution in [-0.4, -0.2) is 5.78 Å². The molecule has 0 bridgehead atoms. The molecule has 5 aromatic rings. The van der Waals surface area contributed by atoms with E-state index in [0.717, 1.165) is 4.90 Å². The fourth-order valence-electron chi connectivity index (χ4n) is 4.23. The largest absolute Gasteiger partial charge is 0.289 e. The van der Waals surface area contributed by atoms with E-state index < -0.39 is 20.6 Å². The Morgan fingerprint density at radius 1 is 0.650 bits per heavy atom. The Morgan fingerprint density at radius 2 is 1.15 bits per heavy atom. The molecule has 5 aromatic carbocycles. The first kappa shape index (κ1) is 28.4. The van der Waals surface area contributed by atoms with Gasteiger partial charge in [0.2, 0.25) is 0 Å². The van der Waals surface area contributed by atoms with Gasteiger partial charge < -0.3 is 0 Å². The van der Waals surface area contributed by atoms with E-state index in [9.17, 15) is 18.8 Å².